The average Bonchev–Trinajstić information content (AvgIpc) is 2.76. The summed E-state index contributed by atoms with van der Waals surface area (Å²) in [5.74, 6) is 0.985. The molecule has 0 N–H and O–H groups in total. The second-order valence-electron chi connectivity index (χ2n) is 7.89. The third kappa shape index (κ3) is 8.21. The van der Waals surface area contributed by atoms with E-state index < -0.39 is 0 Å². The molecule has 2 rings (SSSR count). The van der Waals surface area contributed by atoms with Crippen molar-refractivity contribution >= 4 is 17.9 Å². The zero-order valence-corrected chi connectivity index (χ0v) is 18.9. The average molecular weight is 415 g/mol. The van der Waals surface area contributed by atoms with E-state index >= 15 is 0 Å². The maximum absolute atomic E-state index is 12.5. The molecule has 0 saturated carbocycles. The highest BCUT2D eigenvalue weighted by molar-refractivity contribution is 5.75. The van der Waals surface area contributed by atoms with Gasteiger partial charge in [-0.25, -0.2) is 4.99 Å². The molecule has 1 aliphatic rings. The van der Waals surface area contributed by atoms with Crippen LogP contribution in [0.5, 0.6) is 5.75 Å². The van der Waals surface area contributed by atoms with Crippen molar-refractivity contribution in [2.45, 2.75) is 78.6 Å². The number of unbranched alkanes of at least 4 members (excludes halogenated alkanes) is 4. The molecule has 0 unspecified atom stereocenters. The van der Waals surface area contributed by atoms with E-state index in [1.807, 2.05) is 29.2 Å². The summed E-state index contributed by atoms with van der Waals surface area (Å²) in [5, 5.41) is 0. The maximum Gasteiger partial charge on any atom is 0.315 e. The smallest absolute Gasteiger partial charge is 0.315 e. The number of carbonyl (C=O) groups excluding carboxylic acids is 1. The van der Waals surface area contributed by atoms with E-state index in [0.717, 1.165) is 50.1 Å². The molecule has 1 aromatic carbocycles. The van der Waals surface area contributed by atoms with E-state index in [1.54, 1.807) is 12.4 Å². The van der Waals surface area contributed by atoms with Gasteiger partial charge in [0.15, 0.2) is 0 Å². The Kier molecular flexibility index (Phi) is 11.1. The van der Waals surface area contributed by atoms with Gasteiger partial charge in [-0.15, -0.1) is 0 Å². The summed E-state index contributed by atoms with van der Waals surface area (Å²) >= 11 is 0. The first-order chi connectivity index (χ1) is 14.7. The van der Waals surface area contributed by atoms with Gasteiger partial charge in [0.2, 0.25) is 5.88 Å². The van der Waals surface area contributed by atoms with Crippen LogP contribution in [0.2, 0.25) is 0 Å². The molecule has 166 valence electrons. The van der Waals surface area contributed by atoms with Crippen LogP contribution in [0.4, 0.5) is 5.69 Å². The molecule has 5 nitrogen and oxygen atoms in total. The van der Waals surface area contributed by atoms with Gasteiger partial charge in [0.05, 0.1) is 25.3 Å². The van der Waals surface area contributed by atoms with Crippen LogP contribution in [-0.4, -0.2) is 25.3 Å². The summed E-state index contributed by atoms with van der Waals surface area (Å²) in [7, 11) is 0. The standard InChI is InChI=1S/C25H38N2O3/c1-4-7-8-9-10-18-29-23-15-11-14-22(19-23)27-17-16-26-24(20-27)30-25(28)21(12-5-2)13-6-3/h11,14-16,19-21H,4-10,12-13,17-18H2,1-3H3. The molecule has 0 aromatic heterocycles. The monoisotopic (exact) mass is 414 g/mol. The number of nitrogens with zero attached hydrogens (tertiary/aromatic N) is 2. The molecule has 1 aromatic rings. The van der Waals surface area contributed by atoms with E-state index in [2.05, 4.69) is 25.8 Å². The number of rotatable bonds is 14. The molecule has 0 aliphatic carbocycles. The van der Waals surface area contributed by atoms with Crippen molar-refractivity contribution in [3.05, 3.63) is 36.3 Å². The number of hydrogen-bond donors (Lipinski definition) is 0. The normalized spacial score (nSPS) is 13.5. The minimum atomic E-state index is -0.177. The van der Waals surface area contributed by atoms with E-state index in [0.29, 0.717) is 12.4 Å². The summed E-state index contributed by atoms with van der Waals surface area (Å²) in [5.41, 5.74) is 0.997. The van der Waals surface area contributed by atoms with Gasteiger partial charge in [-0.1, -0.05) is 65.4 Å². The quantitative estimate of drug-likeness (QED) is 0.258. The fourth-order valence-electron chi connectivity index (χ4n) is 3.58. The Labute approximate surface area is 182 Å². The molecule has 5 heteroatoms. The van der Waals surface area contributed by atoms with Crippen LogP contribution < -0.4 is 9.64 Å². The molecule has 0 amide bonds. The van der Waals surface area contributed by atoms with Gasteiger partial charge < -0.3 is 14.4 Å². The van der Waals surface area contributed by atoms with E-state index in [-0.39, 0.29) is 11.9 Å². The van der Waals surface area contributed by atoms with Crippen molar-refractivity contribution in [3.63, 3.8) is 0 Å². The van der Waals surface area contributed by atoms with E-state index in [1.165, 1.54) is 25.7 Å². The molecule has 0 atom stereocenters. The molecule has 0 saturated heterocycles. The second kappa shape index (κ2) is 13.8. The van der Waals surface area contributed by atoms with Gasteiger partial charge in [0.1, 0.15) is 5.75 Å². The molecule has 0 bridgehead atoms. The molecule has 0 spiro atoms. The summed E-state index contributed by atoms with van der Waals surface area (Å²) in [4.78, 5) is 18.8. The zero-order valence-electron chi connectivity index (χ0n) is 18.9. The van der Waals surface area contributed by atoms with Crippen molar-refractivity contribution in [3.8, 4) is 5.75 Å². The molecule has 30 heavy (non-hydrogen) atoms. The molecule has 1 aliphatic heterocycles. The third-order valence-electron chi connectivity index (χ3n) is 5.24. The zero-order chi connectivity index (χ0) is 21.6. The number of esters is 1. The fourth-order valence-corrected chi connectivity index (χ4v) is 3.58. The maximum atomic E-state index is 12.5. The predicted octanol–water partition coefficient (Wildman–Crippen LogP) is 6.49. The molecular formula is C25H38N2O3. The van der Waals surface area contributed by atoms with Crippen LogP contribution in [0.25, 0.3) is 0 Å². The Morgan fingerprint density at radius 3 is 2.57 bits per heavy atom. The Hall–Kier alpha value is -2.30. The first kappa shape index (κ1) is 24.0. The minimum absolute atomic E-state index is 0.0551. The molecular weight excluding hydrogens is 376 g/mol. The van der Waals surface area contributed by atoms with Crippen molar-refractivity contribution in [2.75, 3.05) is 18.1 Å². The summed E-state index contributed by atoms with van der Waals surface area (Å²) in [6, 6.07) is 8.03. The lowest BCUT2D eigenvalue weighted by molar-refractivity contribution is -0.144. The number of anilines is 1. The van der Waals surface area contributed by atoms with Gasteiger partial charge in [-0.3, -0.25) is 4.79 Å². The lowest BCUT2D eigenvalue weighted by atomic mass is 9.99. The van der Waals surface area contributed by atoms with Crippen LogP contribution in [0, 0.1) is 5.92 Å². The number of benzene rings is 1. The van der Waals surface area contributed by atoms with Gasteiger partial charge >= 0.3 is 5.97 Å². The van der Waals surface area contributed by atoms with Crippen molar-refractivity contribution in [1.82, 2.24) is 0 Å². The number of hydrogen-bond acceptors (Lipinski definition) is 5. The predicted molar refractivity (Wildman–Crippen MR) is 124 cm³/mol. The highest BCUT2D eigenvalue weighted by Gasteiger charge is 2.21. The number of carbonyl (C=O) groups is 1. The van der Waals surface area contributed by atoms with Crippen LogP contribution in [0.15, 0.2) is 41.3 Å². The summed E-state index contributed by atoms with van der Waals surface area (Å²) in [6.45, 7) is 7.78. The Bertz CT molecular complexity index is 693. The first-order valence-corrected chi connectivity index (χ1v) is 11.6. The highest BCUT2D eigenvalue weighted by Crippen LogP contribution is 2.24. The van der Waals surface area contributed by atoms with Crippen LogP contribution in [-0.2, 0) is 9.53 Å². The van der Waals surface area contributed by atoms with E-state index in [9.17, 15) is 4.79 Å². The first-order valence-electron chi connectivity index (χ1n) is 11.6. The van der Waals surface area contributed by atoms with Crippen molar-refractivity contribution in [2.24, 2.45) is 10.9 Å². The molecule has 1 heterocycles. The largest absolute Gasteiger partial charge is 0.494 e. The number of ether oxygens (including phenoxy) is 2. The molecule has 0 fully saturated rings. The van der Waals surface area contributed by atoms with Crippen molar-refractivity contribution < 1.29 is 14.3 Å². The van der Waals surface area contributed by atoms with Crippen LogP contribution in [0.3, 0.4) is 0 Å². The Morgan fingerprint density at radius 1 is 1.07 bits per heavy atom. The Balaban J connectivity index is 1.93. The molecule has 0 radical (unpaired) electrons. The minimum Gasteiger partial charge on any atom is -0.494 e. The van der Waals surface area contributed by atoms with E-state index in [4.69, 9.17) is 9.47 Å². The van der Waals surface area contributed by atoms with Gasteiger partial charge in [0.25, 0.3) is 0 Å². The van der Waals surface area contributed by atoms with Crippen LogP contribution >= 0.6 is 0 Å². The summed E-state index contributed by atoms with van der Waals surface area (Å²) < 4.78 is 11.5. The SMILES string of the molecule is CCCCCCCOc1cccc(N2C=C(OC(=O)C(CCC)CCC)N=CC2)c1. The lowest BCUT2D eigenvalue weighted by Crippen LogP contribution is -2.25. The van der Waals surface area contributed by atoms with Gasteiger partial charge in [-0.05, 0) is 31.4 Å². The summed E-state index contributed by atoms with van der Waals surface area (Å²) in [6.07, 6.45) is 13.3. The third-order valence-corrected chi connectivity index (χ3v) is 5.24. The fraction of sp³-hybridized carbons (Fsp3) is 0.600. The topological polar surface area (TPSA) is 51.1 Å². The van der Waals surface area contributed by atoms with Gasteiger partial charge in [0, 0.05) is 18.0 Å². The lowest BCUT2D eigenvalue weighted by Gasteiger charge is -2.23. The highest BCUT2D eigenvalue weighted by atomic mass is 16.5. The number of aliphatic imine (C=N–C) groups is 1. The Morgan fingerprint density at radius 2 is 1.83 bits per heavy atom. The second-order valence-corrected chi connectivity index (χ2v) is 7.89. The van der Waals surface area contributed by atoms with Gasteiger partial charge in [-0.2, -0.15) is 0 Å². The van der Waals surface area contributed by atoms with Crippen molar-refractivity contribution in [1.29, 1.82) is 0 Å². The van der Waals surface area contributed by atoms with Crippen LogP contribution in [0.1, 0.15) is 78.6 Å².